The van der Waals surface area contributed by atoms with Gasteiger partial charge in [0, 0.05) is 37.5 Å². The van der Waals surface area contributed by atoms with Crippen molar-refractivity contribution in [3.05, 3.63) is 0 Å². The highest BCUT2D eigenvalue weighted by atomic mass is 16.3. The van der Waals surface area contributed by atoms with Crippen LogP contribution in [-0.2, 0) is 24.0 Å². The fraction of sp³-hybridized carbons (Fsp3) is 0.800. The Labute approximate surface area is 253 Å². The predicted molar refractivity (Wildman–Crippen MR) is 156 cm³/mol. The Balaban J connectivity index is 1.58. The van der Waals surface area contributed by atoms with E-state index in [0.29, 0.717) is 0 Å². The predicted octanol–water partition coefficient (Wildman–Crippen LogP) is -0.0446. The van der Waals surface area contributed by atoms with Gasteiger partial charge in [0.15, 0.2) is 0 Å². The molecule has 240 valence electrons. The largest absolute Gasteiger partial charge is 0.380 e. The molecule has 6 atom stereocenters. The Kier molecular flexibility index (Phi) is 8.40. The van der Waals surface area contributed by atoms with E-state index in [1.54, 1.807) is 0 Å². The summed E-state index contributed by atoms with van der Waals surface area (Å²) in [6.45, 7) is 15.5. The maximum Gasteiger partial charge on any atom is 0.315 e. The first-order chi connectivity index (χ1) is 19.7. The number of hydrogen-bond acceptors (Lipinski definition) is 7. The molecule has 0 aromatic heterocycles. The third-order valence-corrected chi connectivity index (χ3v) is 9.20. The number of carbonyl (C=O) groups is 6. The van der Waals surface area contributed by atoms with E-state index >= 15 is 0 Å². The van der Waals surface area contributed by atoms with Crippen molar-refractivity contribution in [3.63, 3.8) is 0 Å². The zero-order chi connectivity index (χ0) is 32.3. The van der Waals surface area contributed by atoms with Crippen LogP contribution in [0.2, 0.25) is 0 Å². The molecule has 0 aromatic rings. The van der Waals surface area contributed by atoms with Crippen LogP contribution in [-0.4, -0.2) is 93.8 Å². The number of Topliss-reactive ketones (excluding diaryl/α,β-unsaturated/α-hetero) is 1. The molecule has 0 bridgehead atoms. The molecule has 0 aromatic carbocycles. The molecule has 2 heterocycles. The van der Waals surface area contributed by atoms with Crippen LogP contribution in [0.15, 0.2) is 0 Å². The van der Waals surface area contributed by atoms with Gasteiger partial charge in [-0.1, -0.05) is 34.6 Å². The summed E-state index contributed by atoms with van der Waals surface area (Å²) < 4.78 is 0. The summed E-state index contributed by atoms with van der Waals surface area (Å²) in [4.78, 5) is 80.8. The summed E-state index contributed by atoms with van der Waals surface area (Å²) in [7, 11) is 0. The van der Waals surface area contributed by atoms with Crippen molar-refractivity contribution in [1.82, 2.24) is 31.5 Å². The van der Waals surface area contributed by atoms with Crippen LogP contribution in [0.5, 0.6) is 0 Å². The standard InChI is InChI=1S/C30H48N6O7/c1-27(2,3)21(34-26(42)35-28(4,5)6)24(40)36-14-16-18(29(16,7)8)19(36)22(38)33-17(13-30(43)11-12-31-25(30)41)20(37)23(39)32-15-9-10-15/h15-19,21,43H,9-14H2,1-8H3,(H,31,41)(H,32,39)(H,33,38)(H2,34,35,42)/t16-,17-,18?,19-,21+,30?/m0/s1. The monoisotopic (exact) mass is 604 g/mol. The number of likely N-dealkylation sites (tertiary alicyclic amines) is 1. The van der Waals surface area contributed by atoms with E-state index in [1.165, 1.54) is 4.90 Å². The molecule has 6 amide bonds. The molecular weight excluding hydrogens is 556 g/mol. The van der Waals surface area contributed by atoms with Crippen LogP contribution in [0.25, 0.3) is 0 Å². The average Bonchev–Trinajstić information content (AvgIpc) is 3.65. The van der Waals surface area contributed by atoms with Gasteiger partial charge in [0.1, 0.15) is 23.7 Å². The summed E-state index contributed by atoms with van der Waals surface area (Å²) in [5, 5.41) is 24.4. The number of ketones is 1. The number of urea groups is 1. The minimum atomic E-state index is -1.93. The molecule has 4 rings (SSSR count). The van der Waals surface area contributed by atoms with Gasteiger partial charge in [-0.25, -0.2) is 4.79 Å². The van der Waals surface area contributed by atoms with Gasteiger partial charge in [0.25, 0.3) is 11.8 Å². The summed E-state index contributed by atoms with van der Waals surface area (Å²) in [5.74, 6) is -3.77. The van der Waals surface area contributed by atoms with Crippen molar-refractivity contribution >= 4 is 35.4 Å². The zero-order valence-corrected chi connectivity index (χ0v) is 26.6. The highest BCUT2D eigenvalue weighted by molar-refractivity contribution is 6.38. The number of fused-ring (bicyclic) bond motifs is 1. The summed E-state index contributed by atoms with van der Waals surface area (Å²) in [6.07, 6.45) is 1.04. The Morgan fingerprint density at radius 3 is 2.19 bits per heavy atom. The maximum absolute atomic E-state index is 14.1. The van der Waals surface area contributed by atoms with Crippen molar-refractivity contribution in [2.75, 3.05) is 13.1 Å². The first kappa shape index (κ1) is 32.7. The van der Waals surface area contributed by atoms with E-state index in [-0.39, 0.29) is 42.8 Å². The van der Waals surface area contributed by atoms with Crippen molar-refractivity contribution < 1.29 is 33.9 Å². The molecule has 2 saturated heterocycles. The summed E-state index contributed by atoms with van der Waals surface area (Å²) >= 11 is 0. The van der Waals surface area contributed by atoms with Crippen LogP contribution in [0.3, 0.4) is 0 Å². The molecule has 2 aliphatic carbocycles. The number of amides is 6. The van der Waals surface area contributed by atoms with Crippen molar-refractivity contribution in [3.8, 4) is 0 Å². The van der Waals surface area contributed by atoms with E-state index < -0.39 is 76.5 Å². The van der Waals surface area contributed by atoms with Gasteiger partial charge in [0.2, 0.25) is 17.6 Å². The second-order valence-corrected chi connectivity index (χ2v) is 15.5. The van der Waals surface area contributed by atoms with E-state index in [0.717, 1.165) is 12.8 Å². The van der Waals surface area contributed by atoms with Gasteiger partial charge in [-0.15, -0.1) is 0 Å². The molecule has 2 unspecified atom stereocenters. The first-order valence-corrected chi connectivity index (χ1v) is 15.2. The topological polar surface area (TPSA) is 186 Å². The molecule has 4 fully saturated rings. The minimum Gasteiger partial charge on any atom is -0.380 e. The van der Waals surface area contributed by atoms with Gasteiger partial charge >= 0.3 is 6.03 Å². The second kappa shape index (κ2) is 11.0. The lowest BCUT2D eigenvalue weighted by Crippen LogP contribution is -2.62. The average molecular weight is 605 g/mol. The molecule has 43 heavy (non-hydrogen) atoms. The quantitative estimate of drug-likeness (QED) is 0.199. The van der Waals surface area contributed by atoms with Crippen LogP contribution < -0.4 is 26.6 Å². The number of piperidine rings is 1. The van der Waals surface area contributed by atoms with Crippen molar-refractivity contribution in [2.45, 2.75) is 116 Å². The van der Waals surface area contributed by atoms with Crippen molar-refractivity contribution in [2.24, 2.45) is 22.7 Å². The smallest absolute Gasteiger partial charge is 0.315 e. The van der Waals surface area contributed by atoms with E-state index in [2.05, 4.69) is 26.6 Å². The normalized spacial score (nSPS) is 29.1. The molecule has 2 saturated carbocycles. The summed E-state index contributed by atoms with van der Waals surface area (Å²) in [6, 6.07) is -4.04. The van der Waals surface area contributed by atoms with Gasteiger partial charge in [0.05, 0.1) is 0 Å². The molecule has 2 aliphatic heterocycles. The van der Waals surface area contributed by atoms with E-state index in [4.69, 9.17) is 0 Å². The van der Waals surface area contributed by atoms with Crippen LogP contribution in [0, 0.1) is 22.7 Å². The Hall–Kier alpha value is -3.22. The van der Waals surface area contributed by atoms with Gasteiger partial charge in [-0.3, -0.25) is 24.0 Å². The van der Waals surface area contributed by atoms with Gasteiger partial charge in [-0.2, -0.15) is 0 Å². The maximum atomic E-state index is 14.1. The lowest BCUT2D eigenvalue weighted by atomic mass is 9.85. The number of carbonyl (C=O) groups excluding carboxylic acids is 6. The zero-order valence-electron chi connectivity index (χ0n) is 26.6. The van der Waals surface area contributed by atoms with Crippen LogP contribution >= 0.6 is 0 Å². The summed E-state index contributed by atoms with van der Waals surface area (Å²) in [5.41, 5.74) is -3.42. The Morgan fingerprint density at radius 2 is 1.67 bits per heavy atom. The lowest BCUT2D eigenvalue weighted by Gasteiger charge is -2.38. The molecule has 4 aliphatic rings. The van der Waals surface area contributed by atoms with E-state index in [1.807, 2.05) is 55.4 Å². The third kappa shape index (κ3) is 6.97. The fourth-order valence-electron chi connectivity index (χ4n) is 6.44. The van der Waals surface area contributed by atoms with Crippen LogP contribution in [0.1, 0.15) is 81.1 Å². The highest BCUT2D eigenvalue weighted by Crippen LogP contribution is 2.65. The fourth-order valence-corrected chi connectivity index (χ4v) is 6.44. The Morgan fingerprint density at radius 1 is 1.05 bits per heavy atom. The third-order valence-electron chi connectivity index (χ3n) is 9.20. The number of hydrogen-bond donors (Lipinski definition) is 6. The van der Waals surface area contributed by atoms with Crippen molar-refractivity contribution in [1.29, 1.82) is 0 Å². The second-order valence-electron chi connectivity index (χ2n) is 15.5. The first-order valence-electron chi connectivity index (χ1n) is 15.2. The Bertz CT molecular complexity index is 1200. The minimum absolute atomic E-state index is 0.0216. The van der Waals surface area contributed by atoms with Gasteiger partial charge < -0.3 is 36.6 Å². The molecule has 13 nitrogen and oxygen atoms in total. The number of rotatable bonds is 9. The number of nitrogens with zero attached hydrogens (tertiary/aromatic N) is 1. The van der Waals surface area contributed by atoms with E-state index in [9.17, 15) is 33.9 Å². The number of nitrogens with one attached hydrogen (secondary N) is 5. The lowest BCUT2D eigenvalue weighted by molar-refractivity contribution is -0.147. The van der Waals surface area contributed by atoms with Gasteiger partial charge in [-0.05, 0) is 56.3 Å². The molecular formula is C30H48N6O7. The molecule has 0 radical (unpaired) electrons. The molecule has 6 N–H and O–H groups in total. The highest BCUT2D eigenvalue weighted by Gasteiger charge is 2.70. The number of aliphatic hydroxyl groups is 1. The SMILES string of the molecule is CC(C)(C)NC(=O)N[C@H](C(=O)N1C[C@H]2C([C@H]1C(=O)N[C@@H](CC1(O)CCNC1=O)C(=O)C(=O)NC1CC1)C2(C)C)C(C)(C)C. The molecule has 0 spiro atoms. The molecule has 13 heteroatoms. The van der Waals surface area contributed by atoms with Crippen LogP contribution in [0.4, 0.5) is 4.79 Å².